The lowest BCUT2D eigenvalue weighted by Crippen LogP contribution is -2.47. The lowest BCUT2D eigenvalue weighted by atomic mass is 9.63. The van der Waals surface area contributed by atoms with Crippen LogP contribution in [0.15, 0.2) is 0 Å². The first-order valence-corrected chi connectivity index (χ1v) is 35.2. The van der Waals surface area contributed by atoms with Crippen LogP contribution in [0, 0.1) is 87.8 Å². The van der Waals surface area contributed by atoms with Crippen LogP contribution >= 0.6 is 0 Å². The molecule has 5 fully saturated rings. The van der Waals surface area contributed by atoms with E-state index in [0.717, 1.165) is 38.1 Å². The number of fused-ring (bicyclic) bond motifs is 4. The number of esters is 5. The first kappa shape index (κ1) is 58.4. The number of carboxylic acid groups (broad SMARTS) is 1. The fourth-order valence-electron chi connectivity index (χ4n) is 14.2. The summed E-state index contributed by atoms with van der Waals surface area (Å²) in [5, 5.41) is 21.1. The average molecular weight is 1040 g/mol. The van der Waals surface area contributed by atoms with Crippen molar-refractivity contribution >= 4 is 62.5 Å². The highest BCUT2D eigenvalue weighted by Crippen LogP contribution is 2.64. The van der Waals surface area contributed by atoms with Crippen LogP contribution in [0.5, 0.6) is 0 Å². The highest BCUT2D eigenvalue weighted by atomic mass is 28.5. The Hall–Kier alpha value is -2.45. The number of rotatable bonds is 28. The van der Waals surface area contributed by atoms with Gasteiger partial charge < -0.3 is 37.4 Å². The lowest BCUT2D eigenvalue weighted by Gasteiger charge is -2.41. The third-order valence-corrected chi connectivity index (χ3v) is 27.2. The molecule has 400 valence electrons. The van der Waals surface area contributed by atoms with Gasteiger partial charge in [0.05, 0.1) is 54.8 Å². The molecule has 1 heterocycles. The number of carbonyl (C=O) groups is 6. The van der Waals surface area contributed by atoms with Crippen molar-refractivity contribution < 1.29 is 66.2 Å². The van der Waals surface area contributed by atoms with Gasteiger partial charge in [0.2, 0.25) is 0 Å². The second kappa shape index (κ2) is 23.8. The highest BCUT2D eigenvalue weighted by molar-refractivity contribution is 6.83. The molecule has 1 saturated heterocycles. The normalized spacial score (nSPS) is 32.6. The van der Waals surface area contributed by atoms with Crippen molar-refractivity contribution in [2.24, 2.45) is 87.8 Å². The van der Waals surface area contributed by atoms with E-state index in [-0.39, 0.29) is 78.4 Å². The number of aliphatic hydroxyl groups excluding tert-OH is 1. The number of carbonyl (C=O) groups excluding carboxylic acids is 5. The first-order chi connectivity index (χ1) is 32.7. The molecule has 0 amide bonds. The lowest BCUT2D eigenvalue weighted by molar-refractivity contribution is -0.167. The first-order valence-electron chi connectivity index (χ1n) is 27.2. The summed E-state index contributed by atoms with van der Waals surface area (Å²) in [6.07, 6.45) is 8.98. The fourth-order valence-corrected chi connectivity index (χ4v) is 24.4. The summed E-state index contributed by atoms with van der Waals surface area (Å²) in [5.74, 6) is -6.02. The second-order valence-corrected chi connectivity index (χ2v) is 34.1. The summed E-state index contributed by atoms with van der Waals surface area (Å²) >= 11 is 0. The molecule has 0 aromatic heterocycles. The number of ether oxygens (including phenoxy) is 4. The molecule has 5 rings (SSSR count). The molecule has 4 saturated carbocycles. The molecule has 0 aromatic carbocycles. The average Bonchev–Trinajstić information content (AvgIpc) is 4.10. The topological polar surface area (TPSA) is 198 Å². The van der Waals surface area contributed by atoms with Crippen molar-refractivity contribution in [1.29, 1.82) is 0 Å². The van der Waals surface area contributed by atoms with Gasteiger partial charge in [-0.3, -0.25) is 28.8 Å². The molecule has 5 aliphatic rings. The van der Waals surface area contributed by atoms with Crippen LogP contribution in [0.2, 0.25) is 38.8 Å². The van der Waals surface area contributed by atoms with Gasteiger partial charge in [-0.1, -0.05) is 34.2 Å². The molecule has 1 aliphatic heterocycles. The second-order valence-electron chi connectivity index (χ2n) is 24.6. The van der Waals surface area contributed by atoms with Crippen LogP contribution in [0.1, 0.15) is 145 Å². The number of aliphatic carboxylic acids is 1. The van der Waals surface area contributed by atoms with Gasteiger partial charge >= 0.3 is 44.4 Å². The maximum Gasteiger partial charge on any atom is 0.317 e. The zero-order chi connectivity index (χ0) is 52.1. The molecule has 17 heteroatoms. The fraction of sp³-hybridized carbons (Fsp3) is 0.887. The number of cyclic esters (lactones) is 2. The van der Waals surface area contributed by atoms with E-state index in [4.69, 9.17) is 27.2 Å². The Morgan fingerprint density at radius 2 is 1.34 bits per heavy atom. The van der Waals surface area contributed by atoms with Crippen molar-refractivity contribution in [2.75, 3.05) is 19.8 Å². The SMILES string of the molecule is CCC1C(=O)OC(=O)C1CCC1C(CCC2C3CC(C(=O)OC(C)(C)C)C(C3)C2CCC(C)(CC)C(=O)OCCC[Si](C)(O[SiH2]C)O[Si](C)(C)C)C2CC1C(C(=O)OCC(CC)(CC)CO)C2C(=O)O. The minimum atomic E-state index is -2.36. The number of carboxylic acids is 1. The number of hydrogen-bond acceptors (Lipinski definition) is 13. The Kier molecular flexibility index (Phi) is 19.9. The smallest absolute Gasteiger partial charge is 0.317 e. The molecule has 15 atom stereocenters. The third kappa shape index (κ3) is 13.4. The van der Waals surface area contributed by atoms with E-state index in [9.17, 15) is 39.0 Å². The van der Waals surface area contributed by atoms with Crippen LogP contribution in [0.3, 0.4) is 0 Å². The number of aliphatic hydroxyl groups is 1. The molecule has 4 bridgehead atoms. The van der Waals surface area contributed by atoms with E-state index in [2.05, 4.69) is 32.7 Å². The largest absolute Gasteiger partial charge is 0.481 e. The maximum atomic E-state index is 14.2. The summed E-state index contributed by atoms with van der Waals surface area (Å²) in [5.41, 5.74) is -1.96. The minimum absolute atomic E-state index is 0.00728. The molecule has 15 unspecified atom stereocenters. The van der Waals surface area contributed by atoms with E-state index in [1.165, 1.54) is 0 Å². The standard InChI is InChI=1S/C53H92O14Si3/c1-14-33-38(47(58)64-46(33)57)22-21-36-35(40-29-41(36)44(43(40)45(55)56)49(60)63-31-53(16-3,17-4)30-54)20-19-34-32-27-39(42(28-32)48(59)65-51(5,6)7)37(34)23-24-52(8,15-2)50(61)62-25-18-26-70(13,66-68-9)67-69(10,11)12/h32-44,54H,14-31,68H2,1-13H3,(H,55,56). The summed E-state index contributed by atoms with van der Waals surface area (Å²) in [6, 6.07) is 0.768. The van der Waals surface area contributed by atoms with Gasteiger partial charge in [-0.05, 0) is 197 Å². The molecule has 70 heavy (non-hydrogen) atoms. The van der Waals surface area contributed by atoms with Crippen LogP contribution in [-0.2, 0) is 55.9 Å². The van der Waals surface area contributed by atoms with Crippen molar-refractivity contribution in [3.63, 3.8) is 0 Å². The summed E-state index contributed by atoms with van der Waals surface area (Å²) in [7, 11) is -4.86. The molecular weight excluding hydrogens is 945 g/mol. The van der Waals surface area contributed by atoms with Gasteiger partial charge in [0, 0.05) is 5.41 Å². The monoisotopic (exact) mass is 1040 g/mol. The van der Waals surface area contributed by atoms with Crippen LogP contribution < -0.4 is 0 Å². The van der Waals surface area contributed by atoms with E-state index >= 15 is 0 Å². The molecule has 0 spiro atoms. The maximum absolute atomic E-state index is 14.2. The van der Waals surface area contributed by atoms with Gasteiger partial charge in [0.25, 0.3) is 0 Å². The Morgan fingerprint density at radius 1 is 0.743 bits per heavy atom. The molecule has 2 N–H and O–H groups in total. The zero-order valence-corrected chi connectivity index (χ0v) is 48.6. The quantitative estimate of drug-likeness (QED) is 0.0247. The van der Waals surface area contributed by atoms with E-state index in [1.807, 2.05) is 55.4 Å². The predicted octanol–water partition coefficient (Wildman–Crippen LogP) is 9.25. The molecule has 4 aliphatic carbocycles. The van der Waals surface area contributed by atoms with Gasteiger partial charge in [0.1, 0.15) is 15.4 Å². The van der Waals surface area contributed by atoms with Crippen molar-refractivity contribution in [3.05, 3.63) is 0 Å². The van der Waals surface area contributed by atoms with Crippen LogP contribution in [-0.4, -0.2) is 98.1 Å². The van der Waals surface area contributed by atoms with E-state index < -0.39 is 90.6 Å². The Morgan fingerprint density at radius 3 is 1.90 bits per heavy atom. The Labute approximate surface area is 424 Å². The molecule has 0 radical (unpaired) electrons. The van der Waals surface area contributed by atoms with Crippen molar-refractivity contribution in [3.8, 4) is 0 Å². The Bertz CT molecular complexity index is 1840. The third-order valence-electron chi connectivity index (χ3n) is 18.1. The summed E-state index contributed by atoms with van der Waals surface area (Å²) in [4.78, 5) is 81.0. The van der Waals surface area contributed by atoms with E-state index in [0.29, 0.717) is 64.4 Å². The summed E-state index contributed by atoms with van der Waals surface area (Å²) in [6.45, 7) is 26.4. The molecule has 14 nitrogen and oxygen atoms in total. The Balaban J connectivity index is 1.37. The van der Waals surface area contributed by atoms with Gasteiger partial charge in [-0.2, -0.15) is 0 Å². The summed E-state index contributed by atoms with van der Waals surface area (Å²) < 4.78 is 36.0. The van der Waals surface area contributed by atoms with Gasteiger partial charge in [-0.25, -0.2) is 0 Å². The molecule has 0 aromatic rings. The van der Waals surface area contributed by atoms with Gasteiger partial charge in [-0.15, -0.1) is 0 Å². The number of hydrogen-bond donors (Lipinski definition) is 2. The van der Waals surface area contributed by atoms with Crippen LogP contribution in [0.4, 0.5) is 0 Å². The zero-order valence-electron chi connectivity index (χ0n) is 45.2. The van der Waals surface area contributed by atoms with Crippen molar-refractivity contribution in [1.82, 2.24) is 0 Å². The van der Waals surface area contributed by atoms with Crippen LogP contribution in [0.25, 0.3) is 0 Å². The minimum Gasteiger partial charge on any atom is -0.481 e. The van der Waals surface area contributed by atoms with Gasteiger partial charge in [0.15, 0.2) is 8.32 Å². The van der Waals surface area contributed by atoms with E-state index in [1.54, 1.807) is 0 Å². The predicted molar refractivity (Wildman–Crippen MR) is 273 cm³/mol. The highest BCUT2D eigenvalue weighted by Gasteiger charge is 2.64. The van der Waals surface area contributed by atoms with Crippen molar-refractivity contribution in [2.45, 2.75) is 190 Å². The molecular formula is C53H92O14Si3.